The number of ether oxygens (including phenoxy) is 1. The molecule has 1 amide bonds. The number of aryl methyl sites for hydroxylation is 2. The maximum absolute atomic E-state index is 13.4. The lowest BCUT2D eigenvalue weighted by atomic mass is 10.1. The summed E-state index contributed by atoms with van der Waals surface area (Å²) in [6.07, 6.45) is 0. The van der Waals surface area contributed by atoms with E-state index in [4.69, 9.17) is 4.74 Å². The van der Waals surface area contributed by atoms with Crippen molar-refractivity contribution in [2.45, 2.75) is 25.7 Å². The second-order valence-corrected chi connectivity index (χ2v) is 9.27. The van der Waals surface area contributed by atoms with Crippen molar-refractivity contribution in [3.05, 3.63) is 89.5 Å². The van der Waals surface area contributed by atoms with Crippen molar-refractivity contribution in [2.75, 3.05) is 22.8 Å². The Morgan fingerprint density at radius 1 is 0.909 bits per heavy atom. The van der Waals surface area contributed by atoms with Crippen molar-refractivity contribution >= 4 is 33.3 Å². The summed E-state index contributed by atoms with van der Waals surface area (Å²) in [5.74, 6) is -0.956. The number of sulfonamides is 1. The number of para-hydroxylation sites is 1. The Balaban J connectivity index is 1.89. The third-order valence-electron chi connectivity index (χ3n) is 5.01. The third-order valence-corrected chi connectivity index (χ3v) is 6.79. The van der Waals surface area contributed by atoms with Crippen molar-refractivity contribution < 1.29 is 22.7 Å². The van der Waals surface area contributed by atoms with Gasteiger partial charge in [-0.3, -0.25) is 9.10 Å². The van der Waals surface area contributed by atoms with Crippen LogP contribution in [-0.4, -0.2) is 33.4 Å². The first-order chi connectivity index (χ1) is 15.7. The number of hydrogen-bond acceptors (Lipinski definition) is 5. The molecule has 3 rings (SSSR count). The van der Waals surface area contributed by atoms with E-state index in [-0.39, 0.29) is 11.5 Å². The smallest absolute Gasteiger partial charge is 0.338 e. The number of rotatable bonds is 8. The number of carbonyl (C=O) groups excluding carboxylic acids is 2. The number of hydrogen-bond donors (Lipinski definition) is 1. The summed E-state index contributed by atoms with van der Waals surface area (Å²) in [5, 5.41) is 2.75. The molecule has 8 heteroatoms. The van der Waals surface area contributed by atoms with E-state index in [9.17, 15) is 18.0 Å². The maximum Gasteiger partial charge on any atom is 0.338 e. The van der Waals surface area contributed by atoms with Crippen LogP contribution in [0.4, 0.5) is 11.4 Å². The van der Waals surface area contributed by atoms with Gasteiger partial charge in [-0.1, -0.05) is 36.4 Å². The quantitative estimate of drug-likeness (QED) is 0.499. The molecule has 3 aromatic carbocycles. The molecule has 172 valence electrons. The summed E-state index contributed by atoms with van der Waals surface area (Å²) in [5.41, 5.74) is 2.66. The lowest BCUT2D eigenvalue weighted by Crippen LogP contribution is -2.38. The zero-order valence-corrected chi connectivity index (χ0v) is 19.6. The molecule has 0 heterocycles. The molecule has 0 bridgehead atoms. The summed E-state index contributed by atoms with van der Waals surface area (Å²) >= 11 is 0. The Kier molecular flexibility index (Phi) is 7.50. The van der Waals surface area contributed by atoms with Gasteiger partial charge in [0.05, 0.1) is 22.8 Å². The fourth-order valence-electron chi connectivity index (χ4n) is 3.33. The standard InChI is InChI=1S/C25H26N2O5S/c1-4-32-25(29)20-14-15-22(19(3)16-20)26-24(28)17-27(23-13-9-8-10-18(23)2)33(30,31)21-11-6-5-7-12-21/h5-16H,4,17H2,1-3H3,(H,26,28). The summed E-state index contributed by atoms with van der Waals surface area (Å²) in [6.45, 7) is 5.11. The van der Waals surface area contributed by atoms with Crippen LogP contribution in [0, 0.1) is 13.8 Å². The molecule has 0 spiro atoms. The minimum atomic E-state index is -3.99. The van der Waals surface area contributed by atoms with Crippen LogP contribution < -0.4 is 9.62 Å². The number of nitrogens with zero attached hydrogens (tertiary/aromatic N) is 1. The Hall–Kier alpha value is -3.65. The topological polar surface area (TPSA) is 92.8 Å². The van der Waals surface area contributed by atoms with Crippen LogP contribution in [-0.2, 0) is 19.6 Å². The summed E-state index contributed by atoms with van der Waals surface area (Å²) < 4.78 is 32.9. The molecule has 1 N–H and O–H groups in total. The van der Waals surface area contributed by atoms with E-state index >= 15 is 0 Å². The molecule has 0 aliphatic rings. The fourth-order valence-corrected chi connectivity index (χ4v) is 4.83. The molecule has 0 fully saturated rings. The lowest BCUT2D eigenvalue weighted by Gasteiger charge is -2.25. The van der Waals surface area contributed by atoms with Gasteiger partial charge in [-0.15, -0.1) is 0 Å². The molecular weight excluding hydrogens is 440 g/mol. The largest absolute Gasteiger partial charge is 0.462 e. The van der Waals surface area contributed by atoms with Crippen LogP contribution in [0.3, 0.4) is 0 Å². The average molecular weight is 467 g/mol. The van der Waals surface area contributed by atoms with Gasteiger partial charge >= 0.3 is 5.97 Å². The first-order valence-electron chi connectivity index (χ1n) is 10.4. The molecule has 0 aliphatic heterocycles. The minimum absolute atomic E-state index is 0.0935. The molecule has 33 heavy (non-hydrogen) atoms. The molecule has 0 unspecified atom stereocenters. The number of esters is 1. The molecule has 0 saturated heterocycles. The van der Waals surface area contributed by atoms with Gasteiger partial charge in [0.2, 0.25) is 5.91 Å². The number of benzene rings is 3. The average Bonchev–Trinajstić information content (AvgIpc) is 2.80. The van der Waals surface area contributed by atoms with Gasteiger partial charge in [0, 0.05) is 5.69 Å². The van der Waals surface area contributed by atoms with Crippen molar-refractivity contribution in [1.29, 1.82) is 0 Å². The van der Waals surface area contributed by atoms with Crippen LogP contribution in [0.5, 0.6) is 0 Å². The Bertz CT molecular complexity index is 1260. The van der Waals surface area contributed by atoms with E-state index in [1.807, 2.05) is 0 Å². The molecule has 7 nitrogen and oxygen atoms in total. The van der Waals surface area contributed by atoms with Crippen LogP contribution in [0.2, 0.25) is 0 Å². The van der Waals surface area contributed by atoms with Gasteiger partial charge in [0.15, 0.2) is 0 Å². The van der Waals surface area contributed by atoms with E-state index < -0.39 is 28.4 Å². The molecule has 0 saturated carbocycles. The van der Waals surface area contributed by atoms with E-state index in [0.717, 1.165) is 9.87 Å². The second-order valence-electron chi connectivity index (χ2n) is 7.41. The Morgan fingerprint density at radius 3 is 2.21 bits per heavy atom. The van der Waals surface area contributed by atoms with E-state index in [1.54, 1.807) is 81.4 Å². The van der Waals surface area contributed by atoms with E-state index in [1.165, 1.54) is 12.1 Å². The predicted octanol–water partition coefficient (Wildman–Crippen LogP) is 4.31. The van der Waals surface area contributed by atoms with Crippen LogP contribution in [0.25, 0.3) is 0 Å². The highest BCUT2D eigenvalue weighted by molar-refractivity contribution is 7.92. The first kappa shape index (κ1) is 24.0. The van der Waals surface area contributed by atoms with Gasteiger partial charge in [0.25, 0.3) is 10.0 Å². The number of amides is 1. The summed E-state index contributed by atoms with van der Waals surface area (Å²) in [4.78, 5) is 25.0. The molecule has 3 aromatic rings. The zero-order chi connectivity index (χ0) is 24.0. The SMILES string of the molecule is CCOC(=O)c1ccc(NC(=O)CN(c2ccccc2C)S(=O)(=O)c2ccccc2)c(C)c1. The zero-order valence-electron chi connectivity index (χ0n) is 18.7. The van der Waals surface area contributed by atoms with Crippen molar-refractivity contribution in [1.82, 2.24) is 0 Å². The van der Waals surface area contributed by atoms with Crippen LogP contribution >= 0.6 is 0 Å². The summed E-state index contributed by atoms with van der Waals surface area (Å²) in [6, 6.07) is 19.8. The molecule has 0 aromatic heterocycles. The van der Waals surface area contributed by atoms with E-state index in [2.05, 4.69) is 5.32 Å². The van der Waals surface area contributed by atoms with Crippen LogP contribution in [0.1, 0.15) is 28.4 Å². The molecule has 0 atom stereocenters. The third kappa shape index (κ3) is 5.59. The van der Waals surface area contributed by atoms with Gasteiger partial charge in [-0.05, 0) is 68.3 Å². The first-order valence-corrected chi connectivity index (χ1v) is 11.9. The highest BCUT2D eigenvalue weighted by Gasteiger charge is 2.28. The molecular formula is C25H26N2O5S. The van der Waals surface area contributed by atoms with Crippen molar-refractivity contribution in [3.63, 3.8) is 0 Å². The molecule has 0 radical (unpaired) electrons. The van der Waals surface area contributed by atoms with Gasteiger partial charge in [0.1, 0.15) is 6.54 Å². The van der Waals surface area contributed by atoms with E-state index in [0.29, 0.717) is 22.5 Å². The number of anilines is 2. The number of carbonyl (C=O) groups is 2. The van der Waals surface area contributed by atoms with Crippen molar-refractivity contribution in [2.24, 2.45) is 0 Å². The minimum Gasteiger partial charge on any atom is -0.462 e. The normalized spacial score (nSPS) is 11.0. The van der Waals surface area contributed by atoms with Gasteiger partial charge in [-0.25, -0.2) is 13.2 Å². The Morgan fingerprint density at radius 2 is 1.58 bits per heavy atom. The fraction of sp³-hybridized carbons (Fsp3) is 0.200. The molecule has 0 aliphatic carbocycles. The maximum atomic E-state index is 13.4. The van der Waals surface area contributed by atoms with Crippen molar-refractivity contribution in [3.8, 4) is 0 Å². The Labute approximate surface area is 194 Å². The highest BCUT2D eigenvalue weighted by Crippen LogP contribution is 2.27. The lowest BCUT2D eigenvalue weighted by molar-refractivity contribution is -0.114. The number of nitrogens with one attached hydrogen (secondary N) is 1. The second kappa shape index (κ2) is 10.3. The van der Waals surface area contributed by atoms with Crippen LogP contribution in [0.15, 0.2) is 77.7 Å². The van der Waals surface area contributed by atoms with Gasteiger partial charge in [-0.2, -0.15) is 0 Å². The highest BCUT2D eigenvalue weighted by atomic mass is 32.2. The predicted molar refractivity (Wildman–Crippen MR) is 128 cm³/mol. The monoisotopic (exact) mass is 466 g/mol. The summed E-state index contributed by atoms with van der Waals surface area (Å²) in [7, 11) is -3.99. The van der Waals surface area contributed by atoms with Gasteiger partial charge < -0.3 is 10.1 Å².